The van der Waals surface area contributed by atoms with E-state index in [0.29, 0.717) is 16.5 Å². The van der Waals surface area contributed by atoms with Crippen molar-refractivity contribution in [3.05, 3.63) is 58.6 Å². The van der Waals surface area contributed by atoms with Crippen LogP contribution in [0, 0.1) is 0 Å². The fourth-order valence-corrected chi connectivity index (χ4v) is 2.09. The summed E-state index contributed by atoms with van der Waals surface area (Å²) in [5, 5.41) is 0.550. The normalized spacial score (nSPS) is 12.2. The first-order chi connectivity index (χ1) is 8.61. The fraction of sp³-hybridized carbons (Fsp3) is 0.143. The number of ether oxygens (including phenoxy) is 1. The van der Waals surface area contributed by atoms with Crippen molar-refractivity contribution < 1.29 is 4.74 Å². The lowest BCUT2D eigenvalue weighted by molar-refractivity contribution is 0.415. The van der Waals surface area contributed by atoms with Gasteiger partial charge in [-0.05, 0) is 35.4 Å². The summed E-state index contributed by atoms with van der Waals surface area (Å²) in [6, 6.07) is 12.8. The zero-order valence-electron chi connectivity index (χ0n) is 10.1. The standard InChI is InChI=1S/C14H15ClN2O/c1-18-13-6-5-10(8-12(13)15)14(17)9-3-2-4-11(16)7-9/h2-8,14H,16-17H2,1H3. The van der Waals surface area contributed by atoms with Crippen molar-refractivity contribution in [3.8, 4) is 5.75 Å². The van der Waals surface area contributed by atoms with Gasteiger partial charge >= 0.3 is 0 Å². The maximum Gasteiger partial charge on any atom is 0.137 e. The zero-order valence-corrected chi connectivity index (χ0v) is 10.8. The molecule has 0 amide bonds. The first-order valence-corrected chi connectivity index (χ1v) is 5.94. The van der Waals surface area contributed by atoms with Gasteiger partial charge in [0.1, 0.15) is 5.75 Å². The first-order valence-electron chi connectivity index (χ1n) is 5.56. The molecule has 0 bridgehead atoms. The Bertz CT molecular complexity index is 557. The van der Waals surface area contributed by atoms with Crippen LogP contribution in [-0.2, 0) is 0 Å². The number of anilines is 1. The Morgan fingerprint density at radius 3 is 2.44 bits per heavy atom. The Morgan fingerprint density at radius 2 is 1.83 bits per heavy atom. The highest BCUT2D eigenvalue weighted by molar-refractivity contribution is 6.32. The van der Waals surface area contributed by atoms with Gasteiger partial charge in [0.2, 0.25) is 0 Å². The summed E-state index contributed by atoms with van der Waals surface area (Å²) in [5.74, 6) is 0.639. The van der Waals surface area contributed by atoms with Crippen LogP contribution >= 0.6 is 11.6 Å². The Kier molecular flexibility index (Phi) is 3.75. The lowest BCUT2D eigenvalue weighted by Crippen LogP contribution is -2.12. The van der Waals surface area contributed by atoms with Crippen LogP contribution in [0.5, 0.6) is 5.75 Å². The molecule has 1 unspecified atom stereocenters. The van der Waals surface area contributed by atoms with Gasteiger partial charge in [0.15, 0.2) is 0 Å². The van der Waals surface area contributed by atoms with Crippen molar-refractivity contribution in [3.63, 3.8) is 0 Å². The van der Waals surface area contributed by atoms with Crippen molar-refractivity contribution in [1.29, 1.82) is 0 Å². The number of halogens is 1. The maximum atomic E-state index is 6.19. The smallest absolute Gasteiger partial charge is 0.137 e. The van der Waals surface area contributed by atoms with Gasteiger partial charge in [-0.25, -0.2) is 0 Å². The van der Waals surface area contributed by atoms with Crippen LogP contribution in [0.15, 0.2) is 42.5 Å². The molecule has 18 heavy (non-hydrogen) atoms. The number of benzene rings is 2. The second kappa shape index (κ2) is 5.29. The van der Waals surface area contributed by atoms with Gasteiger partial charge in [0.05, 0.1) is 18.2 Å². The van der Waals surface area contributed by atoms with Crippen LogP contribution in [0.25, 0.3) is 0 Å². The molecule has 0 saturated heterocycles. The molecule has 2 aromatic rings. The fourth-order valence-electron chi connectivity index (χ4n) is 1.82. The van der Waals surface area contributed by atoms with E-state index in [1.807, 2.05) is 42.5 Å². The van der Waals surface area contributed by atoms with Crippen molar-refractivity contribution in [2.75, 3.05) is 12.8 Å². The third-order valence-electron chi connectivity index (χ3n) is 2.80. The van der Waals surface area contributed by atoms with Gasteiger partial charge < -0.3 is 16.2 Å². The van der Waals surface area contributed by atoms with Crippen LogP contribution in [0.2, 0.25) is 5.02 Å². The van der Waals surface area contributed by atoms with Crippen LogP contribution in [-0.4, -0.2) is 7.11 Å². The summed E-state index contributed by atoms with van der Waals surface area (Å²) < 4.78 is 5.11. The molecule has 0 radical (unpaired) electrons. The van der Waals surface area contributed by atoms with E-state index in [-0.39, 0.29) is 6.04 Å². The molecular formula is C14H15ClN2O. The number of rotatable bonds is 3. The number of methoxy groups -OCH3 is 1. The van der Waals surface area contributed by atoms with Gasteiger partial charge in [0.25, 0.3) is 0 Å². The van der Waals surface area contributed by atoms with Gasteiger partial charge in [-0.3, -0.25) is 0 Å². The quantitative estimate of drug-likeness (QED) is 0.836. The largest absolute Gasteiger partial charge is 0.495 e. The molecule has 2 rings (SSSR count). The van der Waals surface area contributed by atoms with E-state index in [1.165, 1.54) is 0 Å². The number of nitrogens with two attached hydrogens (primary N) is 2. The number of hydrogen-bond donors (Lipinski definition) is 2. The summed E-state index contributed by atoms with van der Waals surface area (Å²) in [7, 11) is 1.58. The summed E-state index contributed by atoms with van der Waals surface area (Å²) in [4.78, 5) is 0. The second-order valence-corrected chi connectivity index (χ2v) is 4.45. The molecule has 0 aliphatic carbocycles. The topological polar surface area (TPSA) is 61.3 Å². The average molecular weight is 263 g/mol. The molecule has 4 N–H and O–H groups in total. The highest BCUT2D eigenvalue weighted by Crippen LogP contribution is 2.29. The third kappa shape index (κ3) is 2.58. The third-order valence-corrected chi connectivity index (χ3v) is 3.10. The highest BCUT2D eigenvalue weighted by Gasteiger charge is 2.11. The Hall–Kier alpha value is -1.71. The molecule has 0 aliphatic rings. The Morgan fingerprint density at radius 1 is 1.11 bits per heavy atom. The van der Waals surface area contributed by atoms with E-state index in [9.17, 15) is 0 Å². The van der Waals surface area contributed by atoms with Crippen LogP contribution in [0.1, 0.15) is 17.2 Å². The molecule has 2 aromatic carbocycles. The van der Waals surface area contributed by atoms with Gasteiger partial charge in [-0.2, -0.15) is 0 Å². The first kappa shape index (κ1) is 12.7. The summed E-state index contributed by atoms with van der Waals surface area (Å²) >= 11 is 6.09. The molecule has 0 aromatic heterocycles. The van der Waals surface area contributed by atoms with Crippen LogP contribution < -0.4 is 16.2 Å². The lowest BCUT2D eigenvalue weighted by atomic mass is 9.99. The minimum absolute atomic E-state index is 0.253. The van der Waals surface area contributed by atoms with E-state index in [4.69, 9.17) is 27.8 Å². The van der Waals surface area contributed by atoms with Crippen molar-refractivity contribution >= 4 is 17.3 Å². The maximum absolute atomic E-state index is 6.19. The molecule has 0 spiro atoms. The minimum atomic E-state index is -0.253. The predicted octanol–water partition coefficient (Wildman–Crippen LogP) is 2.98. The summed E-state index contributed by atoms with van der Waals surface area (Å²) in [5.41, 5.74) is 14.5. The van der Waals surface area contributed by atoms with Gasteiger partial charge in [-0.1, -0.05) is 29.8 Å². The molecule has 4 heteroatoms. The van der Waals surface area contributed by atoms with Crippen LogP contribution in [0.4, 0.5) is 5.69 Å². The van der Waals surface area contributed by atoms with Crippen molar-refractivity contribution in [2.45, 2.75) is 6.04 Å². The molecule has 3 nitrogen and oxygen atoms in total. The molecule has 0 aliphatic heterocycles. The molecule has 94 valence electrons. The van der Waals surface area contributed by atoms with Crippen molar-refractivity contribution in [2.24, 2.45) is 5.73 Å². The second-order valence-electron chi connectivity index (χ2n) is 4.04. The molecule has 0 fully saturated rings. The van der Waals surface area contributed by atoms with Crippen LogP contribution in [0.3, 0.4) is 0 Å². The predicted molar refractivity (Wildman–Crippen MR) is 74.9 cm³/mol. The Balaban J connectivity index is 2.34. The Labute approximate surface area is 111 Å². The number of hydrogen-bond acceptors (Lipinski definition) is 3. The van der Waals surface area contributed by atoms with E-state index in [1.54, 1.807) is 7.11 Å². The monoisotopic (exact) mass is 262 g/mol. The average Bonchev–Trinajstić information content (AvgIpc) is 2.37. The highest BCUT2D eigenvalue weighted by atomic mass is 35.5. The van der Waals surface area contributed by atoms with E-state index < -0.39 is 0 Å². The SMILES string of the molecule is COc1ccc(C(N)c2cccc(N)c2)cc1Cl. The van der Waals surface area contributed by atoms with Gasteiger partial charge in [0, 0.05) is 5.69 Å². The molecule has 0 heterocycles. The molecule has 1 atom stereocenters. The summed E-state index contributed by atoms with van der Waals surface area (Å²) in [6.45, 7) is 0. The lowest BCUT2D eigenvalue weighted by Gasteiger charge is -2.14. The van der Waals surface area contributed by atoms with Crippen molar-refractivity contribution in [1.82, 2.24) is 0 Å². The molecular weight excluding hydrogens is 248 g/mol. The van der Waals surface area contributed by atoms with E-state index in [2.05, 4.69) is 0 Å². The van der Waals surface area contributed by atoms with Gasteiger partial charge in [-0.15, -0.1) is 0 Å². The number of nitrogen functional groups attached to an aromatic ring is 1. The molecule has 0 saturated carbocycles. The summed E-state index contributed by atoms with van der Waals surface area (Å²) in [6.07, 6.45) is 0. The minimum Gasteiger partial charge on any atom is -0.495 e. The van der Waals surface area contributed by atoms with E-state index >= 15 is 0 Å². The zero-order chi connectivity index (χ0) is 13.1. The van der Waals surface area contributed by atoms with E-state index in [0.717, 1.165) is 11.1 Å².